The van der Waals surface area contributed by atoms with Crippen LogP contribution in [0.4, 0.5) is 0 Å². The van der Waals surface area contributed by atoms with Gasteiger partial charge in [0.1, 0.15) is 11.2 Å². The van der Waals surface area contributed by atoms with Crippen LogP contribution >= 0.6 is 0 Å². The van der Waals surface area contributed by atoms with E-state index in [0.29, 0.717) is 0 Å². The number of aryl methyl sites for hydroxylation is 2. The first kappa shape index (κ1) is 17.6. The lowest BCUT2D eigenvalue weighted by Gasteiger charge is -2.34. The number of nitrogens with zero attached hydrogens (tertiary/aromatic N) is 1. The Morgan fingerprint density at radius 1 is 1.00 bits per heavy atom. The molecule has 1 aromatic heterocycles. The van der Waals surface area contributed by atoms with Gasteiger partial charge in [-0.05, 0) is 67.3 Å². The fraction of sp³-hybridized carbons (Fsp3) is 0.167. The van der Waals surface area contributed by atoms with Crippen LogP contribution in [0.1, 0.15) is 40.4 Å². The number of Topliss-reactive ketones (excluding diaryl/α,β-unsaturated/α-hetero) is 1. The smallest absolute Gasteiger partial charge is 0.149 e. The molecule has 0 aliphatic carbocycles. The molecule has 3 aromatic rings. The van der Waals surface area contributed by atoms with E-state index in [-0.39, 0.29) is 5.78 Å². The molecule has 128 valence electrons. The minimum atomic E-state index is -0.897. The third kappa shape index (κ3) is 2.82. The van der Waals surface area contributed by atoms with Gasteiger partial charge in [0.05, 0.1) is 0 Å². The molecule has 0 fully saturated rings. The van der Waals surface area contributed by atoms with E-state index < -0.39 is 5.41 Å². The summed E-state index contributed by atoms with van der Waals surface area (Å²) in [6.07, 6.45) is 7.27. The van der Waals surface area contributed by atoms with Crippen molar-refractivity contribution in [3.05, 3.63) is 100 Å². The quantitative estimate of drug-likeness (QED) is 0.650. The molecule has 0 bridgehead atoms. The maximum Gasteiger partial charge on any atom is 0.149 e. The largest absolute Gasteiger partial charge is 0.298 e. The Morgan fingerprint density at radius 3 is 2.27 bits per heavy atom. The van der Waals surface area contributed by atoms with Crippen LogP contribution in [0.5, 0.6) is 0 Å². The van der Waals surface area contributed by atoms with E-state index in [1.54, 1.807) is 13.1 Å². The maximum absolute atomic E-state index is 13.2. The number of rotatable bonds is 4. The van der Waals surface area contributed by atoms with Crippen molar-refractivity contribution in [2.75, 3.05) is 0 Å². The van der Waals surface area contributed by atoms with Gasteiger partial charge in [-0.2, -0.15) is 0 Å². The van der Waals surface area contributed by atoms with E-state index in [9.17, 15) is 4.79 Å². The molecule has 0 radical (unpaired) electrons. The first-order valence-corrected chi connectivity index (χ1v) is 8.57. The molecule has 1 heterocycles. The molecule has 1 unspecified atom stereocenters. The summed E-state index contributed by atoms with van der Waals surface area (Å²) in [4.78, 5) is 17.5. The highest BCUT2D eigenvalue weighted by Gasteiger charge is 2.42. The molecule has 2 aromatic carbocycles. The SMILES string of the molecule is C#Cc1ccc(C(C(C)=O)(c2ccnc(C)c2)c2ccccc2C)cc1. The topological polar surface area (TPSA) is 30.0 Å². The van der Waals surface area contributed by atoms with Gasteiger partial charge in [0.2, 0.25) is 0 Å². The van der Waals surface area contributed by atoms with Crippen molar-refractivity contribution < 1.29 is 4.79 Å². The Morgan fingerprint density at radius 2 is 1.69 bits per heavy atom. The molecule has 2 heteroatoms. The summed E-state index contributed by atoms with van der Waals surface area (Å²) >= 11 is 0. The van der Waals surface area contributed by atoms with Gasteiger partial charge in [-0.1, -0.05) is 42.3 Å². The predicted molar refractivity (Wildman–Crippen MR) is 105 cm³/mol. The van der Waals surface area contributed by atoms with E-state index in [0.717, 1.165) is 33.5 Å². The predicted octanol–water partition coefficient (Wildman–Crippen LogP) is 4.60. The van der Waals surface area contributed by atoms with Crippen molar-refractivity contribution in [1.29, 1.82) is 0 Å². The van der Waals surface area contributed by atoms with Crippen LogP contribution in [0, 0.1) is 26.2 Å². The first-order valence-electron chi connectivity index (χ1n) is 8.57. The molecular formula is C24H21NO. The third-order valence-corrected chi connectivity index (χ3v) is 4.89. The minimum absolute atomic E-state index is 0.0610. The van der Waals surface area contributed by atoms with Gasteiger partial charge in [-0.3, -0.25) is 9.78 Å². The summed E-state index contributed by atoms with van der Waals surface area (Å²) in [6.45, 7) is 5.63. The Balaban J connectivity index is 2.42. The van der Waals surface area contributed by atoms with Crippen molar-refractivity contribution >= 4 is 5.78 Å². The van der Waals surface area contributed by atoms with Gasteiger partial charge in [0.15, 0.2) is 0 Å². The average molecular weight is 339 g/mol. The number of ketones is 1. The lowest BCUT2D eigenvalue weighted by atomic mass is 9.66. The lowest BCUT2D eigenvalue weighted by molar-refractivity contribution is -0.119. The monoisotopic (exact) mass is 339 g/mol. The van der Waals surface area contributed by atoms with Crippen molar-refractivity contribution in [1.82, 2.24) is 4.98 Å². The zero-order valence-electron chi connectivity index (χ0n) is 15.3. The van der Waals surface area contributed by atoms with Crippen molar-refractivity contribution in [2.45, 2.75) is 26.2 Å². The van der Waals surface area contributed by atoms with Crippen molar-refractivity contribution in [2.24, 2.45) is 0 Å². The third-order valence-electron chi connectivity index (χ3n) is 4.89. The van der Waals surface area contributed by atoms with E-state index >= 15 is 0 Å². The van der Waals surface area contributed by atoms with Crippen LogP contribution in [-0.4, -0.2) is 10.8 Å². The second kappa shape index (κ2) is 6.98. The molecule has 0 amide bonds. The molecule has 0 N–H and O–H groups in total. The number of aromatic nitrogens is 1. The number of terminal acetylenes is 1. The van der Waals surface area contributed by atoms with Crippen LogP contribution in [0.15, 0.2) is 66.9 Å². The highest BCUT2D eigenvalue weighted by molar-refractivity contribution is 5.96. The van der Waals surface area contributed by atoms with Gasteiger partial charge in [-0.15, -0.1) is 6.42 Å². The van der Waals surface area contributed by atoms with Crippen LogP contribution in [0.3, 0.4) is 0 Å². The second-order valence-corrected chi connectivity index (χ2v) is 6.53. The number of carbonyl (C=O) groups excluding carboxylic acids is 1. The average Bonchev–Trinajstić information content (AvgIpc) is 2.64. The number of carbonyl (C=O) groups is 1. The molecule has 3 rings (SSSR count). The summed E-state index contributed by atoms with van der Waals surface area (Å²) in [6, 6.07) is 19.6. The van der Waals surface area contributed by atoms with Crippen molar-refractivity contribution in [3.63, 3.8) is 0 Å². The fourth-order valence-electron chi connectivity index (χ4n) is 3.66. The Labute approximate surface area is 154 Å². The highest BCUT2D eigenvalue weighted by Crippen LogP contribution is 2.41. The lowest BCUT2D eigenvalue weighted by Crippen LogP contribution is -2.37. The van der Waals surface area contributed by atoms with E-state index in [2.05, 4.69) is 10.9 Å². The minimum Gasteiger partial charge on any atom is -0.298 e. The Bertz CT molecular complexity index is 995. The summed E-state index contributed by atoms with van der Waals surface area (Å²) in [7, 11) is 0. The summed E-state index contributed by atoms with van der Waals surface area (Å²) in [5.74, 6) is 2.70. The van der Waals surface area contributed by atoms with Crippen LogP contribution < -0.4 is 0 Å². The Kier molecular flexibility index (Phi) is 4.73. The molecule has 26 heavy (non-hydrogen) atoms. The molecular weight excluding hydrogens is 318 g/mol. The number of hydrogen-bond donors (Lipinski definition) is 0. The maximum atomic E-state index is 13.2. The van der Waals surface area contributed by atoms with Gasteiger partial charge in [0.25, 0.3) is 0 Å². The summed E-state index contributed by atoms with van der Waals surface area (Å²) < 4.78 is 0. The molecule has 0 aliphatic heterocycles. The van der Waals surface area contributed by atoms with Gasteiger partial charge in [0, 0.05) is 17.5 Å². The molecule has 0 aliphatic rings. The van der Waals surface area contributed by atoms with Gasteiger partial charge in [-0.25, -0.2) is 0 Å². The van der Waals surface area contributed by atoms with E-state index in [1.807, 2.05) is 74.5 Å². The number of benzene rings is 2. The van der Waals surface area contributed by atoms with Crippen molar-refractivity contribution in [3.8, 4) is 12.3 Å². The molecule has 2 nitrogen and oxygen atoms in total. The van der Waals surface area contributed by atoms with Gasteiger partial charge < -0.3 is 0 Å². The number of pyridine rings is 1. The zero-order chi connectivity index (χ0) is 18.7. The standard InChI is InChI=1S/C24H21NO/c1-5-20-10-12-21(13-11-20)24(19(4)26,22-14-15-25-18(3)16-22)23-9-7-6-8-17(23)2/h1,6-16H,2-4H3. The number of hydrogen-bond acceptors (Lipinski definition) is 2. The molecule has 0 saturated carbocycles. The summed E-state index contributed by atoms with van der Waals surface area (Å²) in [5.41, 5.74) is 4.64. The van der Waals surface area contributed by atoms with Crippen LogP contribution in [-0.2, 0) is 10.2 Å². The van der Waals surface area contributed by atoms with E-state index in [4.69, 9.17) is 6.42 Å². The zero-order valence-corrected chi connectivity index (χ0v) is 15.3. The van der Waals surface area contributed by atoms with Crippen LogP contribution in [0.2, 0.25) is 0 Å². The van der Waals surface area contributed by atoms with Crippen LogP contribution in [0.25, 0.3) is 0 Å². The Hall–Kier alpha value is -3.18. The molecule has 1 atom stereocenters. The molecule has 0 spiro atoms. The highest BCUT2D eigenvalue weighted by atomic mass is 16.1. The normalized spacial score (nSPS) is 12.8. The van der Waals surface area contributed by atoms with E-state index in [1.165, 1.54) is 0 Å². The van der Waals surface area contributed by atoms with Gasteiger partial charge >= 0.3 is 0 Å². The molecule has 0 saturated heterocycles. The fourth-order valence-corrected chi connectivity index (χ4v) is 3.66. The first-order chi connectivity index (χ1) is 12.5. The summed E-state index contributed by atoms with van der Waals surface area (Å²) in [5, 5.41) is 0. The second-order valence-electron chi connectivity index (χ2n) is 6.53.